The predicted molar refractivity (Wildman–Crippen MR) is 119 cm³/mol. The molecule has 2 aromatic rings. The van der Waals surface area contributed by atoms with Crippen molar-refractivity contribution in [2.24, 2.45) is 11.7 Å². The van der Waals surface area contributed by atoms with E-state index in [1.807, 2.05) is 60.1 Å². The van der Waals surface area contributed by atoms with Crippen molar-refractivity contribution in [1.29, 1.82) is 0 Å². The van der Waals surface area contributed by atoms with E-state index < -0.39 is 0 Å². The molecule has 3 heterocycles. The van der Waals surface area contributed by atoms with Crippen LogP contribution in [0.15, 0.2) is 58.6 Å². The normalized spacial score (nSPS) is 20.3. The molecule has 28 heavy (non-hydrogen) atoms. The highest BCUT2D eigenvalue weighted by Gasteiger charge is 2.27. The van der Waals surface area contributed by atoms with Crippen molar-refractivity contribution in [3.63, 3.8) is 0 Å². The Labute approximate surface area is 175 Å². The van der Waals surface area contributed by atoms with Crippen LogP contribution in [-0.4, -0.2) is 29.3 Å². The molecule has 0 amide bonds. The molecule has 1 fully saturated rings. The number of para-hydroxylation sites is 1. The third kappa shape index (κ3) is 4.66. The Balaban J connectivity index is 1.57. The average molecular weight is 415 g/mol. The minimum Gasteiger partial charge on any atom is -0.453 e. The first-order chi connectivity index (χ1) is 13.7. The molecule has 148 valence electrons. The fourth-order valence-corrected chi connectivity index (χ4v) is 5.32. The van der Waals surface area contributed by atoms with Gasteiger partial charge in [0.1, 0.15) is 11.2 Å². The van der Waals surface area contributed by atoms with Crippen molar-refractivity contribution in [3.05, 3.63) is 53.7 Å². The maximum atomic E-state index is 6.29. The van der Waals surface area contributed by atoms with Crippen molar-refractivity contribution in [1.82, 2.24) is 10.3 Å². The Bertz CT molecular complexity index is 824. The zero-order valence-corrected chi connectivity index (χ0v) is 17.6. The second-order valence-electron chi connectivity index (χ2n) is 7.07. The molecule has 1 unspecified atom stereocenters. The minimum absolute atomic E-state index is 0.182. The third-order valence-corrected chi connectivity index (χ3v) is 7.13. The molecule has 1 aromatic carbocycles. The summed E-state index contributed by atoms with van der Waals surface area (Å²) < 4.78 is 6.23. The lowest BCUT2D eigenvalue weighted by Gasteiger charge is -2.26. The second-order valence-corrected chi connectivity index (χ2v) is 9.15. The lowest BCUT2D eigenvalue weighted by atomic mass is 10.0. The molecule has 0 spiro atoms. The first-order valence-electron chi connectivity index (χ1n) is 9.64. The second kappa shape index (κ2) is 9.22. The number of hydrogen-bond donors (Lipinski definition) is 2. The van der Waals surface area contributed by atoms with Crippen molar-refractivity contribution >= 4 is 29.3 Å². The lowest BCUT2D eigenvalue weighted by molar-refractivity contribution is 0.408. The van der Waals surface area contributed by atoms with E-state index in [0.717, 1.165) is 52.7 Å². The van der Waals surface area contributed by atoms with E-state index in [1.54, 1.807) is 11.8 Å². The number of ether oxygens (including phenoxy) is 1. The monoisotopic (exact) mass is 414 g/mol. The summed E-state index contributed by atoms with van der Waals surface area (Å²) in [5.41, 5.74) is 7.19. The molecule has 3 N–H and O–H groups in total. The zero-order valence-electron chi connectivity index (χ0n) is 16.0. The van der Waals surface area contributed by atoms with Crippen molar-refractivity contribution < 1.29 is 4.74 Å². The van der Waals surface area contributed by atoms with Gasteiger partial charge in [0.05, 0.1) is 0 Å². The van der Waals surface area contributed by atoms with Crippen LogP contribution in [0.5, 0.6) is 11.5 Å². The van der Waals surface area contributed by atoms with E-state index in [4.69, 9.17) is 15.5 Å². The topological polar surface area (TPSA) is 63.4 Å². The number of nitrogens with two attached hydrogens (primary N) is 1. The van der Waals surface area contributed by atoms with Crippen LogP contribution in [0.4, 0.5) is 5.82 Å². The highest BCUT2D eigenvalue weighted by Crippen LogP contribution is 2.40. The van der Waals surface area contributed by atoms with Gasteiger partial charge in [0, 0.05) is 22.5 Å². The number of aromatic nitrogens is 1. The number of hydrogen-bond acceptors (Lipinski definition) is 7. The summed E-state index contributed by atoms with van der Waals surface area (Å²) in [6.45, 7) is 4.30. The van der Waals surface area contributed by atoms with Gasteiger partial charge in [-0.05, 0) is 62.4 Å². The van der Waals surface area contributed by atoms with Gasteiger partial charge in [0.25, 0.3) is 0 Å². The summed E-state index contributed by atoms with van der Waals surface area (Å²) in [5.74, 6) is 4.19. The Morgan fingerprint density at radius 2 is 2.07 bits per heavy atom. The van der Waals surface area contributed by atoms with Gasteiger partial charge in [-0.3, -0.25) is 0 Å². The Morgan fingerprint density at radius 3 is 2.79 bits per heavy atom. The molecule has 5 nitrogen and oxygen atoms in total. The quantitative estimate of drug-likeness (QED) is 0.669. The summed E-state index contributed by atoms with van der Waals surface area (Å²) in [7, 11) is 0. The van der Waals surface area contributed by atoms with Gasteiger partial charge in [0.15, 0.2) is 11.6 Å². The van der Waals surface area contributed by atoms with Gasteiger partial charge >= 0.3 is 0 Å². The lowest BCUT2D eigenvalue weighted by Crippen LogP contribution is -2.35. The molecule has 2 aliphatic rings. The number of thioether (sulfide) groups is 2. The number of nitrogens with zero attached hydrogens (tertiary/aromatic N) is 2. The van der Waals surface area contributed by atoms with Crippen molar-refractivity contribution in [2.45, 2.75) is 30.2 Å². The molecule has 1 aromatic heterocycles. The molecule has 1 atom stereocenters. The van der Waals surface area contributed by atoms with E-state index in [9.17, 15) is 0 Å². The van der Waals surface area contributed by atoms with E-state index in [1.165, 1.54) is 12.8 Å². The third-order valence-electron chi connectivity index (χ3n) is 4.96. The Morgan fingerprint density at radius 1 is 1.29 bits per heavy atom. The van der Waals surface area contributed by atoms with Crippen molar-refractivity contribution in [3.8, 4) is 11.5 Å². The SMILES string of the molecule is CC1=CSC(N)N1c1ncc(SCC2CCNCC2)cc1Oc1ccccc1. The van der Waals surface area contributed by atoms with Crippen LogP contribution in [-0.2, 0) is 0 Å². The van der Waals surface area contributed by atoms with Crippen LogP contribution >= 0.6 is 23.5 Å². The molecule has 2 aliphatic heterocycles. The first kappa shape index (κ1) is 19.6. The summed E-state index contributed by atoms with van der Waals surface area (Å²) in [6.07, 6.45) is 4.44. The van der Waals surface area contributed by atoms with E-state index in [2.05, 4.69) is 16.8 Å². The molecule has 1 saturated heterocycles. The molecule has 7 heteroatoms. The van der Waals surface area contributed by atoms with Crippen LogP contribution in [0.25, 0.3) is 0 Å². The van der Waals surface area contributed by atoms with Gasteiger partial charge in [0.2, 0.25) is 0 Å². The fourth-order valence-electron chi connectivity index (χ4n) is 3.41. The molecule has 0 radical (unpaired) electrons. The number of pyridine rings is 1. The Hall–Kier alpha value is -1.67. The van der Waals surface area contributed by atoms with Crippen molar-refractivity contribution in [2.75, 3.05) is 23.7 Å². The summed E-state index contributed by atoms with van der Waals surface area (Å²) in [5, 5.41) is 5.50. The number of piperidine rings is 1. The van der Waals surface area contributed by atoms with E-state index in [0.29, 0.717) is 0 Å². The number of allylic oxidation sites excluding steroid dienone is 1. The summed E-state index contributed by atoms with van der Waals surface area (Å²) in [6, 6.07) is 11.9. The number of anilines is 1. The number of nitrogens with one attached hydrogen (secondary N) is 1. The molecule has 4 rings (SSSR count). The van der Waals surface area contributed by atoms with Crippen LogP contribution in [0.1, 0.15) is 19.8 Å². The highest BCUT2D eigenvalue weighted by atomic mass is 32.2. The smallest absolute Gasteiger partial charge is 0.178 e. The molecule has 0 aliphatic carbocycles. The first-order valence-corrected chi connectivity index (χ1v) is 11.6. The van der Waals surface area contributed by atoms with E-state index in [-0.39, 0.29) is 5.50 Å². The maximum Gasteiger partial charge on any atom is 0.178 e. The average Bonchev–Trinajstić information content (AvgIpc) is 3.06. The number of rotatable bonds is 6. The van der Waals surface area contributed by atoms with Crippen LogP contribution in [0, 0.1) is 5.92 Å². The standard InChI is InChI=1S/C21H26N4OS2/c1-15-13-28-21(22)25(15)20-19(26-17-5-3-2-4-6-17)11-18(12-24-20)27-14-16-7-9-23-10-8-16/h2-6,11-13,16,21,23H,7-10,14,22H2,1H3. The highest BCUT2D eigenvalue weighted by molar-refractivity contribution is 8.03. The summed E-state index contributed by atoms with van der Waals surface area (Å²) >= 11 is 3.46. The minimum atomic E-state index is -0.182. The van der Waals surface area contributed by atoms with Gasteiger partial charge < -0.3 is 20.7 Å². The van der Waals surface area contributed by atoms with Gasteiger partial charge in [-0.15, -0.1) is 11.8 Å². The number of benzene rings is 1. The predicted octanol–water partition coefficient (Wildman–Crippen LogP) is 4.62. The molecule has 0 bridgehead atoms. The molecule has 0 saturated carbocycles. The zero-order chi connectivity index (χ0) is 19.3. The largest absolute Gasteiger partial charge is 0.453 e. The fraction of sp³-hybridized carbons (Fsp3) is 0.381. The van der Waals surface area contributed by atoms with Crippen LogP contribution in [0.3, 0.4) is 0 Å². The Kier molecular flexibility index (Phi) is 6.47. The van der Waals surface area contributed by atoms with E-state index >= 15 is 0 Å². The summed E-state index contributed by atoms with van der Waals surface area (Å²) in [4.78, 5) is 7.92. The molecular weight excluding hydrogens is 388 g/mol. The maximum absolute atomic E-state index is 6.29. The van der Waals surface area contributed by atoms with Gasteiger partial charge in [-0.1, -0.05) is 30.0 Å². The molecular formula is C21H26N4OS2. The van der Waals surface area contributed by atoms with Crippen LogP contribution < -0.4 is 20.7 Å². The van der Waals surface area contributed by atoms with Gasteiger partial charge in [-0.25, -0.2) is 4.98 Å². The van der Waals surface area contributed by atoms with Gasteiger partial charge in [-0.2, -0.15) is 0 Å². The van der Waals surface area contributed by atoms with Crippen LogP contribution in [0.2, 0.25) is 0 Å².